The third kappa shape index (κ3) is 5.92. The summed E-state index contributed by atoms with van der Waals surface area (Å²) in [5.41, 5.74) is 7.39. The normalized spacial score (nSPS) is 12.5. The molecule has 1 atom stereocenters. The number of nitrogens with zero attached hydrogens (tertiary/aromatic N) is 6. The molecular weight excluding hydrogens is 548 g/mol. The summed E-state index contributed by atoms with van der Waals surface area (Å²) in [5, 5.41) is 17.9. The summed E-state index contributed by atoms with van der Waals surface area (Å²) < 4.78 is 9.87. The predicted octanol–water partition coefficient (Wildman–Crippen LogP) is 6.55. The minimum atomic E-state index is -0.934. The summed E-state index contributed by atoms with van der Waals surface area (Å²) in [6, 6.07) is 33.8. The largest absolute Gasteiger partial charge is 0.461 e. The van der Waals surface area contributed by atoms with Crippen LogP contribution in [0.3, 0.4) is 0 Å². The van der Waals surface area contributed by atoms with E-state index in [1.54, 1.807) is 24.5 Å². The van der Waals surface area contributed by atoms with Gasteiger partial charge in [-0.25, -0.2) is 14.2 Å². The van der Waals surface area contributed by atoms with Gasteiger partial charge in [-0.3, -0.25) is 0 Å². The van der Waals surface area contributed by atoms with Crippen LogP contribution in [0.25, 0.3) is 11.4 Å². The van der Waals surface area contributed by atoms with E-state index < -0.39 is 11.4 Å². The summed E-state index contributed by atoms with van der Waals surface area (Å²) in [6.07, 6.45) is 4.79. The molecule has 8 heteroatoms. The molecule has 0 saturated heterocycles. The van der Waals surface area contributed by atoms with Gasteiger partial charge in [0.2, 0.25) is 0 Å². The van der Waals surface area contributed by atoms with Crippen LogP contribution >= 0.6 is 0 Å². The molecule has 0 aliphatic carbocycles. The van der Waals surface area contributed by atoms with E-state index in [2.05, 4.69) is 57.9 Å². The first-order valence-electron chi connectivity index (χ1n) is 14.7. The van der Waals surface area contributed by atoms with E-state index in [4.69, 9.17) is 4.74 Å². The van der Waals surface area contributed by atoms with Crippen molar-refractivity contribution in [2.24, 2.45) is 0 Å². The Hall–Kier alpha value is -5.37. The summed E-state index contributed by atoms with van der Waals surface area (Å²) >= 11 is 0. The fraction of sp³-hybridized carbons (Fsp3) is 0.194. The van der Waals surface area contributed by atoms with Crippen molar-refractivity contribution in [1.82, 2.24) is 30.0 Å². The highest BCUT2D eigenvalue weighted by atomic mass is 16.5. The predicted molar refractivity (Wildman–Crippen MR) is 169 cm³/mol. The van der Waals surface area contributed by atoms with Crippen LogP contribution in [0.1, 0.15) is 50.4 Å². The second-order valence-corrected chi connectivity index (χ2v) is 11.2. The third-order valence-corrected chi connectivity index (χ3v) is 8.02. The van der Waals surface area contributed by atoms with Gasteiger partial charge in [0.15, 0.2) is 0 Å². The zero-order chi connectivity index (χ0) is 30.5. The highest BCUT2D eigenvalue weighted by Crippen LogP contribution is 2.39. The number of esters is 1. The fourth-order valence-corrected chi connectivity index (χ4v) is 5.52. The van der Waals surface area contributed by atoms with Crippen molar-refractivity contribution >= 4 is 5.97 Å². The number of aromatic nitrogens is 6. The lowest BCUT2D eigenvalue weighted by molar-refractivity contribution is 0.0413. The Labute approximate surface area is 257 Å². The number of aryl methyl sites for hydroxylation is 4. The van der Waals surface area contributed by atoms with E-state index in [1.165, 1.54) is 11.1 Å². The maximum Gasteiger partial charge on any atom is 0.338 e. The molecule has 220 valence electrons. The molecule has 0 spiro atoms. The molecule has 2 aromatic heterocycles. The van der Waals surface area contributed by atoms with Crippen molar-refractivity contribution in [3.63, 3.8) is 0 Å². The maximum absolute atomic E-state index is 13.4. The molecule has 4 aromatic carbocycles. The van der Waals surface area contributed by atoms with Crippen molar-refractivity contribution in [2.75, 3.05) is 6.61 Å². The Balaban J connectivity index is 1.53. The third-order valence-electron chi connectivity index (χ3n) is 8.02. The molecule has 1 unspecified atom stereocenters. The van der Waals surface area contributed by atoms with E-state index in [-0.39, 0.29) is 6.61 Å². The van der Waals surface area contributed by atoms with Crippen LogP contribution in [0, 0.1) is 20.8 Å². The molecule has 0 N–H and O–H groups in total. The number of carbonyl (C=O) groups excluding carboxylic acids is 1. The molecule has 6 aromatic rings. The summed E-state index contributed by atoms with van der Waals surface area (Å²) in [4.78, 5) is 13.4. The van der Waals surface area contributed by atoms with Crippen LogP contribution in [-0.4, -0.2) is 42.6 Å². The number of ether oxygens (including phenoxy) is 1. The summed E-state index contributed by atoms with van der Waals surface area (Å²) in [5.74, 6) is -0.408. The lowest BCUT2D eigenvalue weighted by Gasteiger charge is -2.33. The van der Waals surface area contributed by atoms with Gasteiger partial charge in [0.05, 0.1) is 46.1 Å². The smallest absolute Gasteiger partial charge is 0.338 e. The number of hydrogen-bond acceptors (Lipinski definition) is 6. The van der Waals surface area contributed by atoms with Gasteiger partial charge in [-0.2, -0.15) is 0 Å². The second-order valence-electron chi connectivity index (χ2n) is 11.2. The van der Waals surface area contributed by atoms with Crippen molar-refractivity contribution in [2.45, 2.75) is 39.0 Å². The first-order valence-corrected chi connectivity index (χ1v) is 14.7. The molecule has 0 radical (unpaired) electrons. The summed E-state index contributed by atoms with van der Waals surface area (Å²) in [7, 11) is 0. The SMILES string of the molecule is Cc1ccc(CCC(COC(=O)c2ccccc2)(c2cnnn2-c2ccc(C)cc2)c2cnnn2-c2cccc(C)c2)cc1. The molecule has 0 aliphatic heterocycles. The zero-order valence-corrected chi connectivity index (χ0v) is 25.1. The van der Waals surface area contributed by atoms with Gasteiger partial charge < -0.3 is 4.74 Å². The minimum absolute atomic E-state index is 0.0189. The molecule has 8 nitrogen and oxygen atoms in total. The van der Waals surface area contributed by atoms with Crippen LogP contribution in [0.5, 0.6) is 0 Å². The lowest BCUT2D eigenvalue weighted by atomic mass is 9.76. The average Bonchev–Trinajstić information content (AvgIpc) is 3.75. The number of benzene rings is 4. The quantitative estimate of drug-likeness (QED) is 0.170. The van der Waals surface area contributed by atoms with Crippen LogP contribution in [-0.2, 0) is 16.6 Å². The molecule has 0 saturated carbocycles. The van der Waals surface area contributed by atoms with E-state index in [0.29, 0.717) is 18.4 Å². The zero-order valence-electron chi connectivity index (χ0n) is 25.1. The van der Waals surface area contributed by atoms with E-state index >= 15 is 0 Å². The van der Waals surface area contributed by atoms with Gasteiger partial charge in [-0.05, 0) is 81.1 Å². The topological polar surface area (TPSA) is 87.7 Å². The second kappa shape index (κ2) is 12.5. The van der Waals surface area contributed by atoms with Crippen LogP contribution in [0.2, 0.25) is 0 Å². The Morgan fingerprint density at radius 1 is 0.682 bits per heavy atom. The van der Waals surface area contributed by atoms with Gasteiger partial charge in [0.1, 0.15) is 6.61 Å². The molecule has 2 heterocycles. The summed E-state index contributed by atoms with van der Waals surface area (Å²) in [6.45, 7) is 6.19. The molecule has 0 bridgehead atoms. The van der Waals surface area contributed by atoms with E-state index in [0.717, 1.165) is 33.9 Å². The maximum atomic E-state index is 13.4. The standard InChI is InChI=1S/C36H34N6O2/c1-26-12-16-29(17-13-26)20-21-36(25-44-35(43)30-9-5-4-6-10-30,33-23-37-39-41(33)31-18-14-27(2)15-19-31)34-24-38-40-42(34)32-11-7-8-28(3)22-32/h4-19,22-24H,20-21,25H2,1-3H3. The van der Waals surface area contributed by atoms with Gasteiger partial charge >= 0.3 is 5.97 Å². The van der Waals surface area contributed by atoms with Crippen molar-refractivity contribution < 1.29 is 9.53 Å². The first-order chi connectivity index (χ1) is 21.4. The van der Waals surface area contributed by atoms with E-state index in [1.807, 2.05) is 83.9 Å². The Bertz CT molecular complexity index is 1860. The molecule has 0 fully saturated rings. The van der Waals surface area contributed by atoms with Crippen molar-refractivity contribution in [3.8, 4) is 11.4 Å². The minimum Gasteiger partial charge on any atom is -0.461 e. The number of carbonyl (C=O) groups is 1. The highest BCUT2D eigenvalue weighted by Gasteiger charge is 2.43. The van der Waals surface area contributed by atoms with Crippen molar-refractivity contribution in [1.29, 1.82) is 0 Å². The Kier molecular flexibility index (Phi) is 8.14. The lowest BCUT2D eigenvalue weighted by Crippen LogP contribution is -2.39. The van der Waals surface area contributed by atoms with Gasteiger partial charge in [0.25, 0.3) is 0 Å². The first kappa shape index (κ1) is 28.7. The molecular formula is C36H34N6O2. The van der Waals surface area contributed by atoms with E-state index in [9.17, 15) is 4.79 Å². The number of rotatable bonds is 10. The van der Waals surface area contributed by atoms with Crippen LogP contribution in [0.15, 0.2) is 116 Å². The highest BCUT2D eigenvalue weighted by molar-refractivity contribution is 5.89. The van der Waals surface area contributed by atoms with Crippen LogP contribution < -0.4 is 0 Å². The Morgan fingerprint density at radius 2 is 1.30 bits per heavy atom. The molecule has 0 amide bonds. The molecule has 0 aliphatic rings. The average molecular weight is 583 g/mol. The van der Waals surface area contributed by atoms with Crippen LogP contribution in [0.4, 0.5) is 0 Å². The molecule has 6 rings (SSSR count). The number of hydrogen-bond donors (Lipinski definition) is 0. The molecule has 44 heavy (non-hydrogen) atoms. The Morgan fingerprint density at radius 3 is 1.93 bits per heavy atom. The van der Waals surface area contributed by atoms with Gasteiger partial charge in [-0.1, -0.05) is 88.3 Å². The van der Waals surface area contributed by atoms with Gasteiger partial charge in [-0.15, -0.1) is 10.2 Å². The van der Waals surface area contributed by atoms with Gasteiger partial charge in [0, 0.05) is 0 Å². The van der Waals surface area contributed by atoms with Crippen molar-refractivity contribution in [3.05, 3.63) is 155 Å². The fourth-order valence-electron chi connectivity index (χ4n) is 5.52. The monoisotopic (exact) mass is 582 g/mol.